The van der Waals surface area contributed by atoms with Crippen LogP contribution in [0, 0.1) is 6.92 Å². The third-order valence-electron chi connectivity index (χ3n) is 1.47. The first-order valence-corrected chi connectivity index (χ1v) is 3.88. The Balaban J connectivity index is 3.26. The van der Waals surface area contributed by atoms with Crippen LogP contribution in [0.2, 0.25) is 10.2 Å². The third kappa shape index (κ3) is 1.38. The lowest BCUT2D eigenvalue weighted by Gasteiger charge is -1.89. The number of carbonyl (C=O) groups excluding carboxylic acids is 1. The van der Waals surface area contributed by atoms with E-state index in [2.05, 4.69) is 16.7 Å². The van der Waals surface area contributed by atoms with Crippen LogP contribution in [-0.4, -0.2) is 17.6 Å². The third-order valence-corrected chi connectivity index (χ3v) is 2.32. The average molecular weight is 205 g/mol. The number of amides is 1. The molecule has 1 rings (SSSR count). The second-order valence-corrected chi connectivity index (χ2v) is 2.97. The zero-order valence-electron chi connectivity index (χ0n) is 6.32. The molecule has 0 aliphatic heterocycles. The molecule has 0 saturated heterocycles. The lowest BCUT2D eigenvalue weighted by molar-refractivity contribution is 0.1000. The maximum Gasteiger partial charge on any atom is 0.294 e. The zero-order chi connectivity index (χ0) is 9.30. The Bertz CT molecular complexity index is 343. The number of rotatable bonds is 1. The molecule has 0 saturated carbocycles. The van der Waals surface area contributed by atoms with E-state index in [4.69, 9.17) is 23.2 Å². The summed E-state index contributed by atoms with van der Waals surface area (Å²) in [5.74, 6) is -0.505. The van der Waals surface area contributed by atoms with Crippen molar-refractivity contribution in [1.82, 2.24) is 4.98 Å². The Hall–Kier alpha value is -0.800. The van der Waals surface area contributed by atoms with Gasteiger partial charge in [0.15, 0.2) is 0 Å². The molecule has 1 aromatic rings. The summed E-state index contributed by atoms with van der Waals surface area (Å²) in [4.78, 5) is 16.8. The van der Waals surface area contributed by atoms with Gasteiger partial charge in [0.1, 0.15) is 10.8 Å². The SMILES string of the molecule is C=NC(=O)c1[nH]c(Cl)c(C)c1Cl. The van der Waals surface area contributed by atoms with Gasteiger partial charge >= 0.3 is 0 Å². The lowest BCUT2D eigenvalue weighted by Crippen LogP contribution is -1.94. The molecule has 0 spiro atoms. The van der Waals surface area contributed by atoms with Crippen molar-refractivity contribution in [3.63, 3.8) is 0 Å². The van der Waals surface area contributed by atoms with Gasteiger partial charge < -0.3 is 4.98 Å². The van der Waals surface area contributed by atoms with Crippen molar-refractivity contribution in [2.24, 2.45) is 4.99 Å². The molecule has 1 N–H and O–H groups in total. The summed E-state index contributed by atoms with van der Waals surface area (Å²) in [5, 5.41) is 0.657. The second kappa shape index (κ2) is 3.29. The summed E-state index contributed by atoms with van der Waals surface area (Å²) in [6.45, 7) is 4.81. The second-order valence-electron chi connectivity index (χ2n) is 2.22. The Morgan fingerprint density at radius 2 is 2.17 bits per heavy atom. The van der Waals surface area contributed by atoms with Gasteiger partial charge in [-0.05, 0) is 13.6 Å². The van der Waals surface area contributed by atoms with E-state index in [1.165, 1.54) is 0 Å². The van der Waals surface area contributed by atoms with Crippen molar-refractivity contribution >= 4 is 35.8 Å². The highest BCUT2D eigenvalue weighted by Crippen LogP contribution is 2.27. The number of H-pyrrole nitrogens is 1. The molecular weight excluding hydrogens is 199 g/mol. The molecule has 0 fully saturated rings. The fourth-order valence-electron chi connectivity index (χ4n) is 0.769. The molecule has 1 amide bonds. The molecule has 1 heterocycles. The smallest absolute Gasteiger partial charge is 0.294 e. The van der Waals surface area contributed by atoms with Gasteiger partial charge in [0.25, 0.3) is 5.91 Å². The summed E-state index contributed by atoms with van der Waals surface area (Å²) in [6.07, 6.45) is 0. The number of hydrogen-bond acceptors (Lipinski definition) is 1. The van der Waals surface area contributed by atoms with Crippen LogP contribution in [0.4, 0.5) is 0 Å². The van der Waals surface area contributed by atoms with Crippen molar-refractivity contribution in [3.8, 4) is 0 Å². The predicted molar refractivity (Wildman–Crippen MR) is 49.4 cm³/mol. The van der Waals surface area contributed by atoms with Gasteiger partial charge in [0.05, 0.1) is 5.02 Å². The number of aromatic nitrogens is 1. The first-order valence-electron chi connectivity index (χ1n) is 3.12. The average Bonchev–Trinajstić information content (AvgIpc) is 2.32. The molecule has 1 aromatic heterocycles. The first-order chi connectivity index (χ1) is 5.57. The minimum absolute atomic E-state index is 0.189. The van der Waals surface area contributed by atoms with Crippen LogP contribution in [0.15, 0.2) is 4.99 Å². The highest BCUT2D eigenvalue weighted by Gasteiger charge is 2.15. The molecule has 0 aliphatic rings. The topological polar surface area (TPSA) is 45.2 Å². The van der Waals surface area contributed by atoms with Gasteiger partial charge in [-0.25, -0.2) is 4.99 Å². The van der Waals surface area contributed by atoms with Gasteiger partial charge in [0, 0.05) is 5.56 Å². The molecule has 5 heteroatoms. The quantitative estimate of drug-likeness (QED) is 0.703. The van der Waals surface area contributed by atoms with Gasteiger partial charge in [-0.15, -0.1) is 0 Å². The molecule has 0 atom stereocenters. The van der Waals surface area contributed by atoms with E-state index in [-0.39, 0.29) is 5.69 Å². The number of nitrogens with zero attached hydrogens (tertiary/aromatic N) is 1. The Morgan fingerprint density at radius 1 is 1.58 bits per heavy atom. The number of carbonyl (C=O) groups is 1. The Morgan fingerprint density at radius 3 is 2.50 bits per heavy atom. The van der Waals surface area contributed by atoms with Gasteiger partial charge in [-0.3, -0.25) is 4.79 Å². The molecule has 12 heavy (non-hydrogen) atoms. The van der Waals surface area contributed by atoms with E-state index in [9.17, 15) is 4.79 Å². The van der Waals surface area contributed by atoms with Crippen molar-refractivity contribution in [2.75, 3.05) is 0 Å². The summed E-state index contributed by atoms with van der Waals surface area (Å²) in [6, 6.07) is 0. The van der Waals surface area contributed by atoms with E-state index in [1.807, 2.05) is 0 Å². The fourth-order valence-corrected chi connectivity index (χ4v) is 1.23. The molecule has 0 aliphatic carbocycles. The van der Waals surface area contributed by atoms with Crippen LogP contribution in [0.25, 0.3) is 0 Å². The molecule has 0 bridgehead atoms. The maximum absolute atomic E-state index is 11.0. The number of aliphatic imine (C=N–C) groups is 1. The molecular formula is C7H6Cl2N2O. The minimum atomic E-state index is -0.505. The highest BCUT2D eigenvalue weighted by atomic mass is 35.5. The van der Waals surface area contributed by atoms with Crippen molar-refractivity contribution in [2.45, 2.75) is 6.92 Å². The van der Waals surface area contributed by atoms with Crippen LogP contribution in [0.1, 0.15) is 16.1 Å². The van der Waals surface area contributed by atoms with Crippen molar-refractivity contribution in [1.29, 1.82) is 0 Å². The number of hydrogen-bond donors (Lipinski definition) is 1. The number of aromatic amines is 1. The summed E-state index contributed by atoms with van der Waals surface area (Å²) in [5.41, 5.74) is 0.833. The predicted octanol–water partition coefficient (Wildman–Crippen LogP) is 2.47. The fraction of sp³-hybridized carbons (Fsp3) is 0.143. The molecule has 3 nitrogen and oxygen atoms in total. The number of nitrogens with one attached hydrogen (secondary N) is 1. The van der Waals surface area contributed by atoms with Gasteiger partial charge in [-0.2, -0.15) is 0 Å². The summed E-state index contributed by atoms with van der Waals surface area (Å²) < 4.78 is 0. The Kier molecular flexibility index (Phi) is 2.55. The van der Waals surface area contributed by atoms with E-state index < -0.39 is 5.91 Å². The molecule has 0 aromatic carbocycles. The van der Waals surface area contributed by atoms with Gasteiger partial charge in [-0.1, -0.05) is 23.2 Å². The highest BCUT2D eigenvalue weighted by molar-refractivity contribution is 6.38. The standard InChI is InChI=1S/C7H6Cl2N2O/c1-3-4(8)5(7(12)10-2)11-6(3)9/h11H,2H2,1H3. The van der Waals surface area contributed by atoms with Crippen LogP contribution in [-0.2, 0) is 0 Å². The normalized spacial score (nSPS) is 9.92. The number of halogens is 2. The summed E-state index contributed by atoms with van der Waals surface area (Å²) in [7, 11) is 0. The van der Waals surface area contributed by atoms with Gasteiger partial charge in [0.2, 0.25) is 0 Å². The van der Waals surface area contributed by atoms with Crippen molar-refractivity contribution in [3.05, 3.63) is 21.4 Å². The Labute approximate surface area is 79.4 Å². The molecule has 0 radical (unpaired) electrons. The first kappa shape index (κ1) is 9.29. The van der Waals surface area contributed by atoms with E-state index in [1.54, 1.807) is 6.92 Å². The largest absolute Gasteiger partial charge is 0.340 e. The van der Waals surface area contributed by atoms with Crippen LogP contribution < -0.4 is 0 Å². The monoisotopic (exact) mass is 204 g/mol. The summed E-state index contributed by atoms with van der Waals surface area (Å²) >= 11 is 11.4. The molecule has 0 unspecified atom stereocenters. The van der Waals surface area contributed by atoms with Crippen LogP contribution in [0.5, 0.6) is 0 Å². The molecule has 64 valence electrons. The minimum Gasteiger partial charge on any atom is -0.340 e. The maximum atomic E-state index is 11.0. The van der Waals surface area contributed by atoms with Crippen LogP contribution >= 0.6 is 23.2 Å². The van der Waals surface area contributed by atoms with E-state index in [0.717, 1.165) is 0 Å². The lowest BCUT2D eigenvalue weighted by atomic mass is 10.3. The van der Waals surface area contributed by atoms with Crippen molar-refractivity contribution < 1.29 is 4.79 Å². The van der Waals surface area contributed by atoms with E-state index in [0.29, 0.717) is 15.7 Å². The van der Waals surface area contributed by atoms with Crippen LogP contribution in [0.3, 0.4) is 0 Å². The van der Waals surface area contributed by atoms with E-state index >= 15 is 0 Å². The zero-order valence-corrected chi connectivity index (χ0v) is 7.83.